The van der Waals surface area contributed by atoms with Crippen LogP contribution in [0.3, 0.4) is 0 Å². The number of nitrogens with one attached hydrogen (secondary N) is 1. The first-order valence-corrected chi connectivity index (χ1v) is 20.3. The van der Waals surface area contributed by atoms with Crippen LogP contribution >= 0.6 is 24.0 Å². The molecule has 4 aromatic carbocycles. The molecule has 2 aliphatic heterocycles. The monoisotopic (exact) mass is 922 g/mol. The summed E-state index contributed by atoms with van der Waals surface area (Å²) in [6.45, 7) is 9.59. The first-order chi connectivity index (χ1) is 29.9. The zero-order valence-corrected chi connectivity index (χ0v) is 35.5. The van der Waals surface area contributed by atoms with Crippen molar-refractivity contribution in [1.82, 2.24) is 50.6 Å². The lowest BCUT2D eigenvalue weighted by Gasteiger charge is -2.25. The summed E-state index contributed by atoms with van der Waals surface area (Å²) >= 11 is 5.55. The summed E-state index contributed by atoms with van der Waals surface area (Å²) < 4.78 is 89.2. The summed E-state index contributed by atoms with van der Waals surface area (Å²) in [5, 5.41) is 26.7. The van der Waals surface area contributed by atoms with Crippen molar-refractivity contribution in [2.45, 2.75) is 31.9 Å². The van der Waals surface area contributed by atoms with Gasteiger partial charge in [0.2, 0.25) is 11.6 Å². The van der Waals surface area contributed by atoms with Crippen molar-refractivity contribution >= 4 is 24.0 Å². The Morgan fingerprint density at radius 3 is 1.67 bits per heavy atom. The molecule has 1 N–H and O–H groups in total. The number of ether oxygens (including phenoxy) is 3. The number of halogens is 8. The summed E-state index contributed by atoms with van der Waals surface area (Å²) in [5.41, 5.74) is 4.50. The van der Waals surface area contributed by atoms with Gasteiger partial charge in [0, 0.05) is 56.3 Å². The number of morpholine rings is 2. The van der Waals surface area contributed by atoms with Crippen LogP contribution in [-0.4, -0.2) is 129 Å². The van der Waals surface area contributed by atoms with Gasteiger partial charge >= 0.3 is 12.5 Å². The van der Waals surface area contributed by atoms with E-state index in [4.69, 9.17) is 21.1 Å². The summed E-state index contributed by atoms with van der Waals surface area (Å²) in [6, 6.07) is 26.1. The third-order valence-corrected chi connectivity index (χ3v) is 9.94. The number of aromatic nitrogens is 8. The Labute approximate surface area is 371 Å². The molecular formula is C42H46Cl2F6N10O3. The Hall–Kier alpha value is -5.18. The molecule has 2 saturated heterocycles. The first-order valence-electron chi connectivity index (χ1n) is 19.8. The van der Waals surface area contributed by atoms with E-state index in [0.717, 1.165) is 117 Å². The van der Waals surface area contributed by atoms with E-state index >= 15 is 0 Å². The fourth-order valence-electron chi connectivity index (χ4n) is 6.57. The maximum Gasteiger partial charge on any atom is 0.573 e. The number of nitrogens with zero attached hydrogens (tertiary/aromatic N) is 9. The van der Waals surface area contributed by atoms with Crippen LogP contribution in [-0.2, 0) is 35.0 Å². The highest BCUT2D eigenvalue weighted by atomic mass is 35.5. The van der Waals surface area contributed by atoms with E-state index < -0.39 is 18.1 Å². The first kappa shape index (κ1) is 48.8. The molecule has 13 nitrogen and oxygen atoms in total. The second-order valence-electron chi connectivity index (χ2n) is 14.1. The lowest BCUT2D eigenvalue weighted by molar-refractivity contribution is -0.274. The molecule has 21 heteroatoms. The number of aromatic amines is 1. The van der Waals surface area contributed by atoms with E-state index in [1.807, 2.05) is 48.5 Å². The molecule has 2 fully saturated rings. The molecule has 0 spiro atoms. The van der Waals surface area contributed by atoms with Crippen LogP contribution in [0.25, 0.3) is 22.8 Å². The molecule has 4 heterocycles. The molecule has 0 saturated carbocycles. The van der Waals surface area contributed by atoms with E-state index in [-0.39, 0.29) is 18.2 Å². The van der Waals surface area contributed by atoms with Crippen LogP contribution in [0, 0.1) is 0 Å². The largest absolute Gasteiger partial charge is 0.573 e. The lowest BCUT2D eigenvalue weighted by atomic mass is 9.98. The summed E-state index contributed by atoms with van der Waals surface area (Å²) in [5.74, 6) is 1.48. The van der Waals surface area contributed by atoms with Crippen LogP contribution in [0.4, 0.5) is 26.3 Å². The van der Waals surface area contributed by atoms with Crippen molar-refractivity contribution in [2.75, 3.05) is 71.6 Å². The van der Waals surface area contributed by atoms with Gasteiger partial charge in [0.15, 0.2) is 0 Å². The second-order valence-corrected chi connectivity index (χ2v) is 14.5. The van der Waals surface area contributed by atoms with Crippen molar-refractivity contribution in [3.8, 4) is 28.5 Å². The van der Waals surface area contributed by atoms with Crippen LogP contribution < -0.4 is 4.74 Å². The quantitative estimate of drug-likeness (QED) is 0.0961. The Kier molecular flexibility index (Phi) is 18.6. The second kappa shape index (κ2) is 24.0. The van der Waals surface area contributed by atoms with Crippen molar-refractivity contribution in [3.63, 3.8) is 0 Å². The number of alkyl halides is 7. The van der Waals surface area contributed by atoms with Crippen LogP contribution in [0.2, 0.25) is 0 Å². The normalized spacial score (nSPS) is 14.7. The number of hydrogen-bond donors (Lipinski definition) is 1. The molecule has 0 bridgehead atoms. The van der Waals surface area contributed by atoms with E-state index in [1.165, 1.54) is 24.3 Å². The number of H-pyrrole nitrogens is 1. The van der Waals surface area contributed by atoms with E-state index in [9.17, 15) is 26.3 Å². The maximum atomic E-state index is 12.8. The van der Waals surface area contributed by atoms with E-state index in [1.54, 1.807) is 16.9 Å². The predicted octanol–water partition coefficient (Wildman–Crippen LogP) is 7.62. The molecule has 0 radical (unpaired) electrons. The minimum Gasteiger partial charge on any atom is -0.406 e. The number of tetrazole rings is 2. The molecule has 6 aromatic rings. The fraction of sp³-hybridized carbons (Fsp3) is 0.381. The molecule has 338 valence electrons. The molecular weight excluding hydrogens is 877 g/mol. The molecule has 8 rings (SSSR count). The highest BCUT2D eigenvalue weighted by Gasteiger charge is 2.31. The Bertz CT molecular complexity index is 2220. The smallest absolute Gasteiger partial charge is 0.406 e. The molecule has 0 unspecified atom stereocenters. The van der Waals surface area contributed by atoms with E-state index in [0.29, 0.717) is 31.0 Å². The van der Waals surface area contributed by atoms with E-state index in [2.05, 4.69) is 50.6 Å². The van der Waals surface area contributed by atoms with Crippen LogP contribution in [0.1, 0.15) is 27.8 Å². The van der Waals surface area contributed by atoms with Crippen molar-refractivity contribution in [2.24, 2.45) is 0 Å². The van der Waals surface area contributed by atoms with Crippen LogP contribution in [0.15, 0.2) is 97.1 Å². The lowest BCUT2D eigenvalue weighted by Crippen LogP contribution is -2.38. The van der Waals surface area contributed by atoms with Gasteiger partial charge in [-0.3, -0.25) is 9.80 Å². The van der Waals surface area contributed by atoms with Gasteiger partial charge in [-0.15, -0.1) is 57.6 Å². The van der Waals surface area contributed by atoms with Gasteiger partial charge in [0.1, 0.15) is 5.75 Å². The molecule has 0 atom stereocenters. The van der Waals surface area contributed by atoms with Gasteiger partial charge < -0.3 is 14.2 Å². The third-order valence-electron chi connectivity index (χ3n) is 9.77. The van der Waals surface area contributed by atoms with Gasteiger partial charge in [-0.1, -0.05) is 72.8 Å². The summed E-state index contributed by atoms with van der Waals surface area (Å²) in [6.07, 6.45) is -8.01. The predicted molar refractivity (Wildman–Crippen MR) is 226 cm³/mol. The van der Waals surface area contributed by atoms with Gasteiger partial charge in [0.05, 0.1) is 38.5 Å². The van der Waals surface area contributed by atoms with Gasteiger partial charge in [-0.25, -0.2) is 0 Å². The summed E-state index contributed by atoms with van der Waals surface area (Å²) in [4.78, 5) is 6.20. The number of rotatable bonds is 12. The Balaban J connectivity index is 0.000000200. The molecule has 2 aromatic heterocycles. The van der Waals surface area contributed by atoms with Crippen molar-refractivity contribution < 1.29 is 40.6 Å². The highest BCUT2D eigenvalue weighted by molar-refractivity contribution is 6.18. The maximum absolute atomic E-state index is 12.8. The fourth-order valence-corrected chi connectivity index (χ4v) is 6.81. The number of hydrogen-bond acceptors (Lipinski definition) is 11. The van der Waals surface area contributed by atoms with Crippen molar-refractivity contribution in [1.29, 1.82) is 0 Å². The van der Waals surface area contributed by atoms with Crippen LogP contribution in [0.5, 0.6) is 5.75 Å². The zero-order chi connectivity index (χ0) is 43.8. The standard InChI is InChI=1S/C21H22F3N5O.C15H11F3N4O.C6H12ClNO.ClH/c22-21(23,24)18-7-5-16(6-8-18)15-17-3-1-2-4-19(17)20-25-27-29(26-20)10-9-28-11-13-30-14-12-28;16-15(17,18)23-12-7-5-10(6-8-12)9-11-3-1-2-4-13(11)14-19-21-22-20-14;7-1-2-8-3-5-9-6-4-8;/h1-8H,9-15H2;1-8H,9H2,(H,19,20,21,22);1-6H2;1H. The van der Waals surface area contributed by atoms with Gasteiger partial charge in [0.25, 0.3) is 0 Å². The topological polar surface area (TPSA) is 132 Å². The molecule has 2 aliphatic rings. The minimum atomic E-state index is -4.69. The minimum absolute atomic E-state index is 0. The molecule has 0 amide bonds. The zero-order valence-electron chi connectivity index (χ0n) is 33.9. The Morgan fingerprint density at radius 1 is 0.635 bits per heavy atom. The number of benzene rings is 4. The van der Waals surface area contributed by atoms with Crippen molar-refractivity contribution in [3.05, 3.63) is 125 Å². The van der Waals surface area contributed by atoms with Gasteiger partial charge in [-0.05, 0) is 69.8 Å². The molecule has 0 aliphatic carbocycles. The van der Waals surface area contributed by atoms with Gasteiger partial charge in [-0.2, -0.15) is 23.2 Å². The Morgan fingerprint density at radius 2 is 1.16 bits per heavy atom. The average molecular weight is 924 g/mol. The SMILES string of the molecule is Cl.ClCCN1CCOCC1.FC(F)(F)Oc1ccc(Cc2ccccc2-c2nn[nH]n2)cc1.FC(F)(F)c1ccc(Cc2ccccc2-c2nnn(CCN3CCOCC3)n2)cc1. The average Bonchev–Trinajstić information content (AvgIpc) is 3.99. The highest BCUT2D eigenvalue weighted by Crippen LogP contribution is 2.30. The molecule has 63 heavy (non-hydrogen) atoms. The third kappa shape index (κ3) is 15.8. The summed E-state index contributed by atoms with van der Waals surface area (Å²) in [7, 11) is 0.